The molecular formula is C17H20N2O3S. The van der Waals surface area contributed by atoms with Crippen LogP contribution >= 0.6 is 11.3 Å². The van der Waals surface area contributed by atoms with E-state index in [2.05, 4.69) is 10.2 Å². The third kappa shape index (κ3) is 3.54. The van der Waals surface area contributed by atoms with Gasteiger partial charge in [0.2, 0.25) is 0 Å². The van der Waals surface area contributed by atoms with Crippen LogP contribution in [-0.4, -0.2) is 48.4 Å². The lowest BCUT2D eigenvalue weighted by molar-refractivity contribution is 0.0950. The zero-order valence-corrected chi connectivity index (χ0v) is 13.7. The Morgan fingerprint density at radius 2 is 2.09 bits per heavy atom. The van der Waals surface area contributed by atoms with Crippen molar-refractivity contribution in [3.05, 3.63) is 28.6 Å². The van der Waals surface area contributed by atoms with Gasteiger partial charge >= 0.3 is 0 Å². The molecule has 2 aromatic rings. The number of amides is 1. The second-order valence-electron chi connectivity index (χ2n) is 5.80. The van der Waals surface area contributed by atoms with Crippen molar-refractivity contribution in [2.24, 2.45) is 0 Å². The summed E-state index contributed by atoms with van der Waals surface area (Å²) in [6, 6.07) is 4.90. The van der Waals surface area contributed by atoms with E-state index in [4.69, 9.17) is 0 Å². The molecule has 6 heteroatoms. The Balaban J connectivity index is 1.65. The highest BCUT2D eigenvalue weighted by atomic mass is 32.1. The van der Waals surface area contributed by atoms with E-state index >= 15 is 0 Å². The van der Waals surface area contributed by atoms with E-state index in [0.29, 0.717) is 23.1 Å². The molecule has 1 aromatic heterocycles. The van der Waals surface area contributed by atoms with E-state index in [1.54, 1.807) is 12.1 Å². The van der Waals surface area contributed by atoms with E-state index in [9.17, 15) is 14.7 Å². The molecule has 1 aliphatic rings. The van der Waals surface area contributed by atoms with E-state index in [-0.39, 0.29) is 17.2 Å². The van der Waals surface area contributed by atoms with Gasteiger partial charge in [0, 0.05) is 23.2 Å². The lowest BCUT2D eigenvalue weighted by Gasteiger charge is -2.26. The standard InChI is InChI=1S/C17H20N2O3S/c20-11-13-12-10-16(23-15(12)5-4-14(13)21)17(22)18-6-9-19-7-2-1-3-8-19/h4-5,10-11,21H,1-3,6-9H2,(H,18,22). The van der Waals surface area contributed by atoms with Crippen molar-refractivity contribution >= 4 is 33.6 Å². The first-order chi connectivity index (χ1) is 11.2. The Kier molecular flexibility index (Phi) is 4.93. The van der Waals surface area contributed by atoms with Crippen molar-refractivity contribution in [1.82, 2.24) is 10.2 Å². The average Bonchev–Trinajstić information content (AvgIpc) is 3.00. The molecule has 0 spiro atoms. The van der Waals surface area contributed by atoms with Crippen LogP contribution in [0.5, 0.6) is 5.75 Å². The van der Waals surface area contributed by atoms with Crippen molar-refractivity contribution in [2.75, 3.05) is 26.2 Å². The number of aldehydes is 1. The van der Waals surface area contributed by atoms with Crippen molar-refractivity contribution in [2.45, 2.75) is 19.3 Å². The predicted octanol–water partition coefficient (Wildman–Crippen LogP) is 2.64. The van der Waals surface area contributed by atoms with E-state index in [1.807, 2.05) is 0 Å². The SMILES string of the molecule is O=Cc1c(O)ccc2sc(C(=O)NCCN3CCCCC3)cc12. The minimum atomic E-state index is -0.125. The molecule has 0 aliphatic carbocycles. The molecule has 122 valence electrons. The third-order valence-corrected chi connectivity index (χ3v) is 5.32. The molecular weight excluding hydrogens is 312 g/mol. The number of hydrogen-bond acceptors (Lipinski definition) is 5. The molecule has 2 heterocycles. The van der Waals surface area contributed by atoms with Gasteiger partial charge in [-0.2, -0.15) is 0 Å². The van der Waals surface area contributed by atoms with Gasteiger partial charge in [-0.05, 0) is 44.1 Å². The molecule has 5 nitrogen and oxygen atoms in total. The molecule has 1 fully saturated rings. The average molecular weight is 332 g/mol. The number of rotatable bonds is 5. The van der Waals surface area contributed by atoms with Crippen molar-refractivity contribution in [1.29, 1.82) is 0 Å². The summed E-state index contributed by atoms with van der Waals surface area (Å²) in [5.41, 5.74) is 0.242. The van der Waals surface area contributed by atoms with Gasteiger partial charge in [0.25, 0.3) is 5.91 Å². The van der Waals surface area contributed by atoms with Gasteiger partial charge in [0.1, 0.15) is 5.75 Å². The van der Waals surface area contributed by atoms with Crippen LogP contribution in [0.25, 0.3) is 10.1 Å². The van der Waals surface area contributed by atoms with Crippen molar-refractivity contribution < 1.29 is 14.7 Å². The number of aromatic hydroxyl groups is 1. The molecule has 1 saturated heterocycles. The highest BCUT2D eigenvalue weighted by Gasteiger charge is 2.15. The molecule has 0 unspecified atom stereocenters. The number of benzene rings is 1. The number of piperidine rings is 1. The minimum Gasteiger partial charge on any atom is -0.507 e. The van der Waals surface area contributed by atoms with E-state index < -0.39 is 0 Å². The van der Waals surface area contributed by atoms with Crippen LogP contribution in [-0.2, 0) is 0 Å². The minimum absolute atomic E-state index is 0.0534. The number of nitrogens with one attached hydrogen (secondary N) is 1. The summed E-state index contributed by atoms with van der Waals surface area (Å²) in [6.07, 6.45) is 4.41. The Morgan fingerprint density at radius 1 is 1.30 bits per heavy atom. The quantitative estimate of drug-likeness (QED) is 0.826. The number of carbonyl (C=O) groups is 2. The molecule has 0 bridgehead atoms. The summed E-state index contributed by atoms with van der Waals surface area (Å²) < 4.78 is 0.825. The van der Waals surface area contributed by atoms with E-state index in [1.165, 1.54) is 36.7 Å². The molecule has 0 saturated carbocycles. The fraction of sp³-hybridized carbons (Fsp3) is 0.412. The lowest BCUT2D eigenvalue weighted by Crippen LogP contribution is -2.37. The topological polar surface area (TPSA) is 69.6 Å². The normalized spacial score (nSPS) is 15.7. The van der Waals surface area contributed by atoms with Crippen molar-refractivity contribution in [3.63, 3.8) is 0 Å². The molecule has 2 N–H and O–H groups in total. The summed E-state index contributed by atoms with van der Waals surface area (Å²) in [6.45, 7) is 3.72. The van der Waals surface area contributed by atoms with Gasteiger partial charge in [-0.15, -0.1) is 11.3 Å². The second kappa shape index (κ2) is 7.10. The van der Waals surface area contributed by atoms with Gasteiger partial charge in [-0.25, -0.2) is 0 Å². The Bertz CT molecular complexity index is 720. The summed E-state index contributed by atoms with van der Waals surface area (Å²) in [4.78, 5) is 26.3. The van der Waals surface area contributed by atoms with Crippen LogP contribution in [0.15, 0.2) is 18.2 Å². The largest absolute Gasteiger partial charge is 0.507 e. The maximum absolute atomic E-state index is 12.3. The Labute approximate surface area is 138 Å². The Morgan fingerprint density at radius 3 is 2.83 bits per heavy atom. The first-order valence-corrected chi connectivity index (χ1v) is 8.72. The van der Waals surface area contributed by atoms with Crippen LogP contribution in [0.2, 0.25) is 0 Å². The molecule has 0 atom stereocenters. The van der Waals surface area contributed by atoms with Crippen LogP contribution in [0.4, 0.5) is 0 Å². The number of nitrogens with zero attached hydrogens (tertiary/aromatic N) is 1. The van der Waals surface area contributed by atoms with Crippen molar-refractivity contribution in [3.8, 4) is 5.75 Å². The second-order valence-corrected chi connectivity index (χ2v) is 6.88. The number of carbonyl (C=O) groups excluding carboxylic acids is 2. The molecule has 1 aliphatic heterocycles. The fourth-order valence-electron chi connectivity index (χ4n) is 2.96. The maximum Gasteiger partial charge on any atom is 0.261 e. The maximum atomic E-state index is 12.3. The smallest absolute Gasteiger partial charge is 0.261 e. The van der Waals surface area contributed by atoms with Gasteiger partial charge < -0.3 is 15.3 Å². The molecule has 3 rings (SSSR count). The number of phenols is 1. The number of thiophene rings is 1. The summed E-state index contributed by atoms with van der Waals surface area (Å²) in [5, 5.41) is 13.3. The van der Waals surface area contributed by atoms with Crippen LogP contribution in [0.3, 0.4) is 0 Å². The molecule has 0 radical (unpaired) electrons. The van der Waals surface area contributed by atoms with Gasteiger partial charge in [0.15, 0.2) is 6.29 Å². The summed E-state index contributed by atoms with van der Waals surface area (Å²) in [5.74, 6) is -0.179. The number of hydrogen-bond donors (Lipinski definition) is 2. The zero-order chi connectivity index (χ0) is 16.2. The van der Waals surface area contributed by atoms with Gasteiger partial charge in [-0.1, -0.05) is 6.42 Å². The summed E-state index contributed by atoms with van der Waals surface area (Å²) in [7, 11) is 0. The summed E-state index contributed by atoms with van der Waals surface area (Å²) >= 11 is 1.33. The number of fused-ring (bicyclic) bond motifs is 1. The first kappa shape index (κ1) is 16.0. The van der Waals surface area contributed by atoms with Crippen LogP contribution in [0, 0.1) is 0 Å². The zero-order valence-electron chi connectivity index (χ0n) is 12.9. The molecule has 1 aromatic carbocycles. The van der Waals surface area contributed by atoms with E-state index in [0.717, 1.165) is 24.3 Å². The first-order valence-electron chi connectivity index (χ1n) is 7.90. The van der Waals surface area contributed by atoms with Gasteiger partial charge in [-0.3, -0.25) is 9.59 Å². The van der Waals surface area contributed by atoms with Gasteiger partial charge in [0.05, 0.1) is 10.4 Å². The Hall–Kier alpha value is -1.92. The highest BCUT2D eigenvalue weighted by molar-refractivity contribution is 7.20. The van der Waals surface area contributed by atoms with Crippen LogP contribution < -0.4 is 5.32 Å². The fourth-order valence-corrected chi connectivity index (χ4v) is 3.95. The predicted molar refractivity (Wildman–Crippen MR) is 91.5 cm³/mol. The molecule has 1 amide bonds. The highest BCUT2D eigenvalue weighted by Crippen LogP contribution is 2.32. The van der Waals surface area contributed by atoms with Crippen LogP contribution in [0.1, 0.15) is 39.3 Å². The lowest BCUT2D eigenvalue weighted by atomic mass is 10.1. The molecule has 23 heavy (non-hydrogen) atoms. The third-order valence-electron chi connectivity index (χ3n) is 4.22. The number of phenolic OH excluding ortho intramolecular Hbond substituents is 1. The monoisotopic (exact) mass is 332 g/mol. The number of likely N-dealkylation sites (tertiary alicyclic amines) is 1.